The van der Waals surface area contributed by atoms with E-state index in [9.17, 15) is 9.59 Å². The molecule has 2 N–H and O–H groups in total. The van der Waals surface area contributed by atoms with Crippen LogP contribution in [0.25, 0.3) is 6.08 Å². The van der Waals surface area contributed by atoms with Gasteiger partial charge in [0, 0.05) is 11.9 Å². The van der Waals surface area contributed by atoms with E-state index in [1.807, 2.05) is 30.3 Å². The van der Waals surface area contributed by atoms with Crippen molar-refractivity contribution in [2.24, 2.45) is 0 Å². The van der Waals surface area contributed by atoms with Crippen molar-refractivity contribution in [1.82, 2.24) is 5.32 Å². The highest BCUT2D eigenvalue weighted by molar-refractivity contribution is 6.36. The third-order valence-corrected chi connectivity index (χ3v) is 3.39. The molecule has 0 saturated heterocycles. The summed E-state index contributed by atoms with van der Waals surface area (Å²) in [6.45, 7) is 1.33. The van der Waals surface area contributed by atoms with E-state index in [4.69, 9.17) is 23.2 Å². The summed E-state index contributed by atoms with van der Waals surface area (Å²) in [5, 5.41) is 5.95. The molecule has 0 unspecified atom stereocenters. The van der Waals surface area contributed by atoms with E-state index in [2.05, 4.69) is 10.6 Å². The summed E-state index contributed by atoms with van der Waals surface area (Å²) in [6.07, 6.45) is 1.58. The van der Waals surface area contributed by atoms with Gasteiger partial charge in [-0.1, -0.05) is 53.5 Å². The summed E-state index contributed by atoms with van der Waals surface area (Å²) in [7, 11) is 0. The lowest BCUT2D eigenvalue weighted by atomic mass is 10.2. The highest BCUT2D eigenvalue weighted by Crippen LogP contribution is 2.25. The van der Waals surface area contributed by atoms with Crippen LogP contribution in [0.15, 0.2) is 54.2 Å². The van der Waals surface area contributed by atoms with Gasteiger partial charge in [0.25, 0.3) is 5.91 Å². The fourth-order valence-electron chi connectivity index (χ4n) is 1.84. The third-order valence-electron chi connectivity index (χ3n) is 2.85. The number of anilines is 1. The Kier molecular flexibility index (Phi) is 5.79. The number of halogens is 2. The fraction of sp³-hybridized carbons (Fsp3) is 0.0588. The molecule has 118 valence electrons. The minimum atomic E-state index is -0.478. The number of carbonyl (C=O) groups excluding carboxylic acids is 2. The minimum Gasteiger partial charge on any atom is -0.322 e. The van der Waals surface area contributed by atoms with E-state index in [0.29, 0.717) is 15.7 Å². The Labute approximate surface area is 144 Å². The van der Waals surface area contributed by atoms with Crippen molar-refractivity contribution in [3.8, 4) is 0 Å². The van der Waals surface area contributed by atoms with Gasteiger partial charge >= 0.3 is 0 Å². The van der Waals surface area contributed by atoms with Crippen molar-refractivity contribution in [2.75, 3.05) is 5.32 Å². The number of nitrogens with one attached hydrogen (secondary N) is 2. The van der Waals surface area contributed by atoms with Gasteiger partial charge in [0.1, 0.15) is 5.70 Å². The molecule has 0 saturated carbocycles. The molecule has 23 heavy (non-hydrogen) atoms. The standard InChI is InChI=1S/C17H14Cl2N2O2/c1-11(22)20-16(9-12-5-3-2-4-6-12)17(23)21-15-8-7-13(18)10-14(15)19/h2-10H,1H3,(H,20,22)(H,21,23)/b16-9-. The zero-order valence-corrected chi connectivity index (χ0v) is 13.8. The van der Waals surface area contributed by atoms with Gasteiger partial charge in [-0.25, -0.2) is 0 Å². The Morgan fingerprint density at radius 2 is 1.74 bits per heavy atom. The smallest absolute Gasteiger partial charge is 0.272 e. The molecule has 0 heterocycles. The maximum Gasteiger partial charge on any atom is 0.272 e. The molecule has 2 rings (SSSR count). The average molecular weight is 349 g/mol. The molecule has 0 radical (unpaired) electrons. The summed E-state index contributed by atoms with van der Waals surface area (Å²) in [4.78, 5) is 23.7. The Balaban J connectivity index is 2.26. The molecule has 0 aromatic heterocycles. The number of benzene rings is 2. The van der Waals surface area contributed by atoms with Gasteiger partial charge in [-0.2, -0.15) is 0 Å². The number of hydrogen-bond donors (Lipinski definition) is 2. The molecule has 6 heteroatoms. The summed E-state index contributed by atoms with van der Waals surface area (Å²) >= 11 is 11.9. The predicted octanol–water partition coefficient (Wildman–Crippen LogP) is 4.11. The molecular formula is C17H14Cl2N2O2. The van der Waals surface area contributed by atoms with Crippen LogP contribution in [0.2, 0.25) is 10.0 Å². The first-order valence-corrected chi connectivity index (χ1v) is 7.52. The maximum atomic E-state index is 12.4. The first-order valence-electron chi connectivity index (χ1n) is 6.76. The van der Waals surface area contributed by atoms with Crippen LogP contribution < -0.4 is 10.6 Å². The lowest BCUT2D eigenvalue weighted by molar-refractivity contribution is -0.120. The zero-order chi connectivity index (χ0) is 16.8. The Morgan fingerprint density at radius 3 is 2.35 bits per heavy atom. The molecule has 0 atom stereocenters. The van der Waals surface area contributed by atoms with Crippen LogP contribution in [0.3, 0.4) is 0 Å². The molecule has 0 aliphatic rings. The monoisotopic (exact) mass is 348 g/mol. The molecule has 0 aliphatic heterocycles. The van der Waals surface area contributed by atoms with E-state index in [0.717, 1.165) is 5.56 Å². The predicted molar refractivity (Wildman–Crippen MR) is 93.3 cm³/mol. The lowest BCUT2D eigenvalue weighted by Crippen LogP contribution is -2.29. The normalized spacial score (nSPS) is 11.0. The van der Waals surface area contributed by atoms with Crippen LogP contribution in [0, 0.1) is 0 Å². The van der Waals surface area contributed by atoms with Gasteiger partial charge < -0.3 is 10.6 Å². The minimum absolute atomic E-state index is 0.120. The first kappa shape index (κ1) is 17.1. The van der Waals surface area contributed by atoms with Crippen molar-refractivity contribution < 1.29 is 9.59 Å². The molecule has 4 nitrogen and oxygen atoms in total. The number of amides is 2. The molecule has 2 aromatic rings. The van der Waals surface area contributed by atoms with Crippen molar-refractivity contribution >= 4 is 46.8 Å². The van der Waals surface area contributed by atoms with Crippen LogP contribution in [-0.2, 0) is 9.59 Å². The largest absolute Gasteiger partial charge is 0.322 e. The second-order valence-electron chi connectivity index (χ2n) is 4.73. The first-order chi connectivity index (χ1) is 11.0. The summed E-state index contributed by atoms with van der Waals surface area (Å²) in [5.41, 5.74) is 1.31. The number of rotatable bonds is 4. The van der Waals surface area contributed by atoms with Crippen LogP contribution >= 0.6 is 23.2 Å². The maximum absolute atomic E-state index is 12.4. The molecule has 0 bridgehead atoms. The second kappa shape index (κ2) is 7.81. The average Bonchev–Trinajstić information content (AvgIpc) is 2.50. The summed E-state index contributed by atoms with van der Waals surface area (Å²) < 4.78 is 0. The van der Waals surface area contributed by atoms with Crippen molar-refractivity contribution in [2.45, 2.75) is 6.92 Å². The van der Waals surface area contributed by atoms with Gasteiger partial charge in [0.15, 0.2) is 0 Å². The molecular weight excluding hydrogens is 335 g/mol. The van der Waals surface area contributed by atoms with Gasteiger partial charge in [0.05, 0.1) is 10.7 Å². The fourth-order valence-corrected chi connectivity index (χ4v) is 2.30. The molecule has 2 aromatic carbocycles. The van der Waals surface area contributed by atoms with Gasteiger partial charge in [-0.15, -0.1) is 0 Å². The van der Waals surface area contributed by atoms with Crippen molar-refractivity contribution in [1.29, 1.82) is 0 Å². The molecule has 0 fully saturated rings. The Bertz CT molecular complexity index is 758. The van der Waals surface area contributed by atoms with Crippen LogP contribution in [0.5, 0.6) is 0 Å². The zero-order valence-electron chi connectivity index (χ0n) is 12.3. The van der Waals surface area contributed by atoms with Gasteiger partial charge in [0.2, 0.25) is 5.91 Å². The van der Waals surface area contributed by atoms with Crippen LogP contribution in [-0.4, -0.2) is 11.8 Å². The molecule has 2 amide bonds. The van der Waals surface area contributed by atoms with Crippen LogP contribution in [0.4, 0.5) is 5.69 Å². The summed E-state index contributed by atoms with van der Waals surface area (Å²) in [5.74, 6) is -0.821. The van der Waals surface area contributed by atoms with E-state index in [1.165, 1.54) is 13.0 Å². The van der Waals surface area contributed by atoms with E-state index in [1.54, 1.807) is 18.2 Å². The van der Waals surface area contributed by atoms with E-state index in [-0.39, 0.29) is 11.6 Å². The van der Waals surface area contributed by atoms with Crippen molar-refractivity contribution in [3.63, 3.8) is 0 Å². The van der Waals surface area contributed by atoms with Crippen molar-refractivity contribution in [3.05, 3.63) is 69.8 Å². The Morgan fingerprint density at radius 1 is 1.04 bits per heavy atom. The SMILES string of the molecule is CC(=O)N/C(=C\c1ccccc1)C(=O)Nc1ccc(Cl)cc1Cl. The quantitative estimate of drug-likeness (QED) is 0.816. The molecule has 0 spiro atoms. The van der Waals surface area contributed by atoms with E-state index >= 15 is 0 Å². The molecule has 0 aliphatic carbocycles. The highest BCUT2D eigenvalue weighted by Gasteiger charge is 2.13. The lowest BCUT2D eigenvalue weighted by Gasteiger charge is -2.11. The number of hydrogen-bond acceptors (Lipinski definition) is 2. The number of carbonyl (C=O) groups is 2. The van der Waals surface area contributed by atoms with Crippen LogP contribution in [0.1, 0.15) is 12.5 Å². The summed E-state index contributed by atoms with van der Waals surface area (Å²) in [6, 6.07) is 13.9. The Hall–Kier alpha value is -2.30. The highest BCUT2D eigenvalue weighted by atomic mass is 35.5. The van der Waals surface area contributed by atoms with Gasteiger partial charge in [-0.3, -0.25) is 9.59 Å². The van der Waals surface area contributed by atoms with Gasteiger partial charge in [-0.05, 0) is 29.8 Å². The second-order valence-corrected chi connectivity index (χ2v) is 5.57. The van der Waals surface area contributed by atoms with E-state index < -0.39 is 5.91 Å². The third kappa shape index (κ3) is 5.13. The topological polar surface area (TPSA) is 58.2 Å².